The van der Waals surface area contributed by atoms with Crippen molar-refractivity contribution >= 4 is 23.6 Å². The third kappa shape index (κ3) is 9.18. The van der Waals surface area contributed by atoms with Gasteiger partial charge in [0.05, 0.1) is 5.56 Å². The van der Waals surface area contributed by atoms with Gasteiger partial charge in [-0.05, 0) is 64.1 Å². The molecule has 2 saturated heterocycles. The first-order valence-corrected chi connectivity index (χ1v) is 15.7. The van der Waals surface area contributed by atoms with Crippen LogP contribution in [0.4, 0.5) is 0 Å². The Bertz CT molecular complexity index is 1110. The molecule has 2 aliphatic heterocycles. The van der Waals surface area contributed by atoms with Gasteiger partial charge in [0.15, 0.2) is 6.61 Å². The number of carbonyl (C=O) groups excluding carboxylic acids is 4. The lowest BCUT2D eigenvalue weighted by molar-refractivity contribution is -0.145. The minimum absolute atomic E-state index is 0.000604. The Labute approximate surface area is 250 Å². The van der Waals surface area contributed by atoms with Gasteiger partial charge in [-0.3, -0.25) is 19.2 Å². The van der Waals surface area contributed by atoms with Gasteiger partial charge in [0.25, 0.3) is 11.8 Å². The van der Waals surface area contributed by atoms with E-state index >= 15 is 0 Å². The highest BCUT2D eigenvalue weighted by Crippen LogP contribution is 2.34. The standard InChI is InChI=1S/C29H43N5O5.C3H6/c1-20(2)18-22(27(37)34-13-7-9-23(34)28(38)33-16-14-32(4)15-17-33)30-26(36)21-8-5-6-10-24(21)39-19-25(35)31-29(3)11-12-29;1-2-3-1/h5-6,8,10,20,22-23H,7,9,11-19H2,1-4H3,(H,30,36)(H,31,35);1-3H2. The molecule has 0 radical (unpaired) electrons. The van der Waals surface area contributed by atoms with Crippen LogP contribution in [0.2, 0.25) is 0 Å². The summed E-state index contributed by atoms with van der Waals surface area (Å²) in [7, 11) is 2.04. The van der Waals surface area contributed by atoms with Crippen LogP contribution in [0.3, 0.4) is 0 Å². The largest absolute Gasteiger partial charge is 0.483 e. The van der Waals surface area contributed by atoms with Crippen LogP contribution >= 0.6 is 0 Å². The highest BCUT2D eigenvalue weighted by Gasteiger charge is 2.40. The van der Waals surface area contributed by atoms with Crippen molar-refractivity contribution in [2.45, 2.75) is 89.8 Å². The maximum atomic E-state index is 13.8. The van der Waals surface area contributed by atoms with Crippen molar-refractivity contribution < 1.29 is 23.9 Å². The molecule has 1 aromatic carbocycles. The number of hydrogen-bond acceptors (Lipinski definition) is 6. The lowest BCUT2D eigenvalue weighted by Crippen LogP contribution is -2.56. The minimum atomic E-state index is -0.774. The van der Waals surface area contributed by atoms with Crippen molar-refractivity contribution in [2.75, 3.05) is 46.4 Å². The van der Waals surface area contributed by atoms with Gasteiger partial charge < -0.3 is 30.1 Å². The Hall–Kier alpha value is -3.14. The van der Waals surface area contributed by atoms with E-state index in [2.05, 4.69) is 15.5 Å². The van der Waals surface area contributed by atoms with Crippen LogP contribution in [0, 0.1) is 5.92 Å². The molecule has 0 aromatic heterocycles. The van der Waals surface area contributed by atoms with Gasteiger partial charge in [0, 0.05) is 38.3 Å². The zero-order valence-electron chi connectivity index (χ0n) is 25.8. The summed E-state index contributed by atoms with van der Waals surface area (Å²) < 4.78 is 5.72. The maximum Gasteiger partial charge on any atom is 0.258 e. The maximum absolute atomic E-state index is 13.8. The molecule has 4 amide bonds. The van der Waals surface area contributed by atoms with Crippen LogP contribution in [0.15, 0.2) is 24.3 Å². The van der Waals surface area contributed by atoms with E-state index in [1.807, 2.05) is 32.7 Å². The summed E-state index contributed by atoms with van der Waals surface area (Å²) in [5, 5.41) is 5.86. The SMILES string of the molecule is C1CC1.CC(C)CC(NC(=O)c1ccccc1OCC(=O)NC1(C)CC1)C(=O)N1CCCC1C(=O)N1CCN(C)CC1. The number of para-hydroxylation sites is 1. The van der Waals surface area contributed by atoms with Crippen molar-refractivity contribution in [1.82, 2.24) is 25.3 Å². The van der Waals surface area contributed by atoms with Crippen LogP contribution in [-0.2, 0) is 14.4 Å². The van der Waals surface area contributed by atoms with Gasteiger partial charge in [0.2, 0.25) is 11.8 Å². The van der Waals surface area contributed by atoms with E-state index in [0.717, 1.165) is 32.4 Å². The van der Waals surface area contributed by atoms with Crippen molar-refractivity contribution in [3.8, 4) is 5.75 Å². The van der Waals surface area contributed by atoms with Gasteiger partial charge in [-0.15, -0.1) is 0 Å². The first-order chi connectivity index (χ1) is 20.1. The molecule has 0 bridgehead atoms. The molecule has 0 spiro atoms. The van der Waals surface area contributed by atoms with Crippen molar-refractivity contribution in [1.29, 1.82) is 0 Å². The van der Waals surface area contributed by atoms with Crippen LogP contribution in [-0.4, -0.2) is 102 Å². The van der Waals surface area contributed by atoms with Gasteiger partial charge in [-0.25, -0.2) is 0 Å². The van der Waals surface area contributed by atoms with Crippen molar-refractivity contribution in [3.05, 3.63) is 29.8 Å². The first kappa shape index (κ1) is 31.8. The number of likely N-dealkylation sites (N-methyl/N-ethyl adjacent to an activating group) is 1. The van der Waals surface area contributed by atoms with Gasteiger partial charge in [-0.1, -0.05) is 45.2 Å². The third-order valence-electron chi connectivity index (χ3n) is 8.23. The molecule has 4 aliphatic rings. The molecule has 2 atom stereocenters. The molecule has 2 aliphatic carbocycles. The minimum Gasteiger partial charge on any atom is -0.483 e. The second-order valence-electron chi connectivity index (χ2n) is 12.9. The van der Waals surface area contributed by atoms with Crippen LogP contribution in [0.1, 0.15) is 82.5 Å². The fraction of sp³-hybridized carbons (Fsp3) is 0.688. The Morgan fingerprint density at radius 1 is 0.976 bits per heavy atom. The molecule has 10 nitrogen and oxygen atoms in total. The molecule has 4 fully saturated rings. The summed E-state index contributed by atoms with van der Waals surface area (Å²) >= 11 is 0. The average Bonchev–Trinajstić information content (AvgIpc) is 3.91. The zero-order chi connectivity index (χ0) is 30.3. The molecule has 5 rings (SSSR count). The van der Waals surface area contributed by atoms with Gasteiger partial charge >= 0.3 is 0 Å². The van der Waals surface area contributed by atoms with Crippen LogP contribution in [0.25, 0.3) is 0 Å². The number of hydrogen-bond donors (Lipinski definition) is 2. The van der Waals surface area contributed by atoms with E-state index in [9.17, 15) is 19.2 Å². The highest BCUT2D eigenvalue weighted by atomic mass is 16.5. The quantitative estimate of drug-likeness (QED) is 0.438. The molecular weight excluding hydrogens is 534 g/mol. The molecule has 2 heterocycles. The number of ether oxygens (including phenoxy) is 1. The van der Waals surface area contributed by atoms with Gasteiger partial charge in [0.1, 0.15) is 17.8 Å². The lowest BCUT2D eigenvalue weighted by Gasteiger charge is -2.36. The summed E-state index contributed by atoms with van der Waals surface area (Å²) in [5.74, 6) is -0.472. The van der Waals surface area contributed by atoms with Crippen molar-refractivity contribution in [2.24, 2.45) is 5.92 Å². The number of carbonyl (C=O) groups is 4. The molecule has 42 heavy (non-hydrogen) atoms. The summed E-state index contributed by atoms with van der Waals surface area (Å²) in [5.41, 5.74) is 0.108. The average molecular weight is 584 g/mol. The Morgan fingerprint density at radius 2 is 1.64 bits per heavy atom. The second kappa shape index (κ2) is 14.4. The number of benzene rings is 1. The van der Waals surface area contributed by atoms with Crippen LogP contribution in [0.5, 0.6) is 5.75 Å². The van der Waals surface area contributed by atoms with E-state index in [1.54, 1.807) is 29.2 Å². The van der Waals surface area contributed by atoms with E-state index in [4.69, 9.17) is 4.74 Å². The second-order valence-corrected chi connectivity index (χ2v) is 12.9. The predicted octanol–water partition coefficient (Wildman–Crippen LogP) is 2.81. The van der Waals surface area contributed by atoms with Crippen molar-refractivity contribution in [3.63, 3.8) is 0 Å². The number of piperazine rings is 1. The predicted molar refractivity (Wildman–Crippen MR) is 161 cm³/mol. The highest BCUT2D eigenvalue weighted by molar-refractivity contribution is 6.00. The Balaban J connectivity index is 0.00000127. The molecule has 1 aromatic rings. The molecular formula is C32H49N5O5. The number of nitrogens with one attached hydrogen (secondary N) is 2. The molecule has 2 N–H and O–H groups in total. The van der Waals surface area contributed by atoms with E-state index < -0.39 is 18.0 Å². The fourth-order valence-corrected chi connectivity index (χ4v) is 5.26. The number of nitrogens with zero attached hydrogens (tertiary/aromatic N) is 3. The first-order valence-electron chi connectivity index (χ1n) is 15.7. The topological polar surface area (TPSA) is 111 Å². The van der Waals surface area contributed by atoms with E-state index in [1.165, 1.54) is 19.3 Å². The fourth-order valence-electron chi connectivity index (χ4n) is 5.26. The molecule has 10 heteroatoms. The lowest BCUT2D eigenvalue weighted by atomic mass is 10.0. The summed E-state index contributed by atoms with van der Waals surface area (Å²) in [6.45, 7) is 9.25. The Morgan fingerprint density at radius 3 is 2.26 bits per heavy atom. The third-order valence-corrected chi connectivity index (χ3v) is 8.23. The van der Waals surface area contributed by atoms with E-state index in [-0.39, 0.29) is 47.1 Å². The molecule has 2 unspecified atom stereocenters. The van der Waals surface area contributed by atoms with Gasteiger partial charge in [-0.2, -0.15) is 0 Å². The van der Waals surface area contributed by atoms with Crippen LogP contribution < -0.4 is 15.4 Å². The monoisotopic (exact) mass is 583 g/mol. The number of amides is 4. The smallest absolute Gasteiger partial charge is 0.258 e. The molecule has 232 valence electrons. The zero-order valence-corrected chi connectivity index (χ0v) is 25.8. The van der Waals surface area contributed by atoms with E-state index in [0.29, 0.717) is 32.5 Å². The summed E-state index contributed by atoms with van der Waals surface area (Å²) in [6, 6.07) is 5.46. The normalized spacial score (nSPS) is 21.6. The summed E-state index contributed by atoms with van der Waals surface area (Å²) in [4.78, 5) is 58.5. The Kier molecular flexibility index (Phi) is 10.9. The molecule has 2 saturated carbocycles. The number of rotatable bonds is 10. The number of likely N-dealkylation sites (tertiary alicyclic amines) is 1. The summed E-state index contributed by atoms with van der Waals surface area (Å²) in [6.07, 6.45) is 8.23.